The Balaban J connectivity index is 0.000000882. The molecule has 0 saturated heterocycles. The summed E-state index contributed by atoms with van der Waals surface area (Å²) in [5.74, 6) is 1.03. The van der Waals surface area contributed by atoms with Crippen molar-refractivity contribution >= 4 is 40.7 Å². The number of rotatable bonds is 0. The molecule has 0 amide bonds. The van der Waals surface area contributed by atoms with E-state index in [9.17, 15) is 0 Å². The van der Waals surface area contributed by atoms with E-state index in [-0.39, 0.29) is 17.9 Å². The molecule has 7 heteroatoms. The van der Waals surface area contributed by atoms with E-state index in [0.29, 0.717) is 0 Å². The van der Waals surface area contributed by atoms with Crippen molar-refractivity contribution in [3.05, 3.63) is 47.5 Å². The second-order valence-corrected chi connectivity index (χ2v) is 6.27. The minimum Gasteiger partial charge on any atom is -1.00 e. The van der Waals surface area contributed by atoms with Gasteiger partial charge in [0.15, 0.2) is 0 Å². The summed E-state index contributed by atoms with van der Waals surface area (Å²) in [6.45, 7) is 1.88. The number of hydrogen-bond donors (Lipinski definition) is 1. The van der Waals surface area contributed by atoms with Crippen LogP contribution in [0.3, 0.4) is 0 Å². The number of anilines is 2. The van der Waals surface area contributed by atoms with Crippen molar-refractivity contribution in [1.82, 2.24) is 0 Å². The van der Waals surface area contributed by atoms with Gasteiger partial charge in [-0.3, -0.25) is 5.32 Å². The lowest BCUT2D eigenvalue weighted by Gasteiger charge is -2.30. The molecule has 4 N–H and O–H groups in total. The number of guanidine groups is 1. The fourth-order valence-corrected chi connectivity index (χ4v) is 3.78. The van der Waals surface area contributed by atoms with Crippen molar-refractivity contribution in [3.63, 3.8) is 0 Å². The van der Waals surface area contributed by atoms with E-state index in [1.54, 1.807) is 11.8 Å². The third-order valence-electron chi connectivity index (χ3n) is 3.45. The molecule has 116 valence electrons. The molecule has 4 rings (SSSR count). The summed E-state index contributed by atoms with van der Waals surface area (Å²) in [4.78, 5) is 9.32. The lowest BCUT2D eigenvalue weighted by atomic mass is 10.2. The Morgan fingerprint density at radius 3 is 2.64 bits per heavy atom. The quantitative estimate of drug-likeness (QED) is 0.662. The fourth-order valence-electron chi connectivity index (χ4n) is 2.57. The van der Waals surface area contributed by atoms with E-state index in [4.69, 9.17) is 11.6 Å². The fraction of sp³-hybridized carbons (Fsp3) is 0.133. The molecule has 0 atom stereocenters. The molecule has 4 nitrogen and oxygen atoms in total. The monoisotopic (exact) mass is 355 g/mol. The van der Waals surface area contributed by atoms with E-state index >= 15 is 0 Å². The van der Waals surface area contributed by atoms with Crippen LogP contribution in [0, 0.1) is 0 Å². The molecule has 22 heavy (non-hydrogen) atoms. The molecule has 0 saturated carbocycles. The highest BCUT2D eigenvalue weighted by Gasteiger charge is 2.30. The second-order valence-electron chi connectivity index (χ2n) is 4.75. The predicted molar refractivity (Wildman–Crippen MR) is 86.9 cm³/mol. The molecule has 2 aliphatic rings. The van der Waals surface area contributed by atoms with Gasteiger partial charge < -0.3 is 17.9 Å². The van der Waals surface area contributed by atoms with E-state index in [1.165, 1.54) is 15.5 Å². The minimum absolute atomic E-state index is 0. The second kappa shape index (κ2) is 6.89. The maximum Gasteiger partial charge on any atom is 0.306 e. The zero-order chi connectivity index (χ0) is 13.5. The molecule has 2 aromatic carbocycles. The van der Waals surface area contributed by atoms with Crippen LogP contribution >= 0.6 is 23.4 Å². The highest BCUT2D eigenvalue weighted by molar-refractivity contribution is 7.99. The number of benzene rings is 2. The summed E-state index contributed by atoms with van der Waals surface area (Å²) in [6, 6.07) is 14.5. The SMILES string of the molecule is Clc1ccc2c(c1)N(C1=NCC[NH2+]1)c1ccccc1S2.O.[Cl-]. The Bertz CT molecular complexity index is 724. The third-order valence-corrected chi connectivity index (χ3v) is 4.81. The maximum absolute atomic E-state index is 6.19. The van der Waals surface area contributed by atoms with Crippen molar-refractivity contribution in [1.29, 1.82) is 0 Å². The van der Waals surface area contributed by atoms with Gasteiger partial charge in [0.05, 0.1) is 17.9 Å². The van der Waals surface area contributed by atoms with Crippen LogP contribution in [0.4, 0.5) is 11.4 Å². The first-order valence-electron chi connectivity index (χ1n) is 6.57. The summed E-state index contributed by atoms with van der Waals surface area (Å²) in [6.07, 6.45) is 0. The number of nitrogens with zero attached hydrogens (tertiary/aromatic N) is 2. The first-order valence-corrected chi connectivity index (χ1v) is 7.76. The van der Waals surface area contributed by atoms with Gasteiger partial charge in [-0.05, 0) is 30.3 Å². The number of halogens is 2. The molecule has 2 aliphatic heterocycles. The average Bonchev–Trinajstić information content (AvgIpc) is 2.98. The summed E-state index contributed by atoms with van der Waals surface area (Å²) in [5.41, 5.74) is 2.31. The van der Waals surface area contributed by atoms with E-state index < -0.39 is 0 Å². The van der Waals surface area contributed by atoms with Crippen LogP contribution in [0.1, 0.15) is 0 Å². The van der Waals surface area contributed by atoms with Crippen LogP contribution in [0.25, 0.3) is 0 Å². The first kappa shape index (κ1) is 17.1. The average molecular weight is 356 g/mol. The molecular weight excluding hydrogens is 341 g/mol. The normalized spacial score (nSPS) is 15.1. The molecule has 0 aromatic heterocycles. The standard InChI is InChI=1S/C15H12ClN3S.ClH.H2O/c16-10-5-6-14-12(9-10)19(15-17-7-8-18-15)11-3-1-2-4-13(11)20-14;;/h1-6,9H,7-8H2,(H,17,18);1H;1H2. The molecule has 0 fully saturated rings. The molecular formula is C15H15Cl2N3OS. The van der Waals surface area contributed by atoms with Gasteiger partial charge >= 0.3 is 5.96 Å². The molecule has 2 aromatic rings. The number of aliphatic imine (C=N–C) groups is 1. The molecule has 0 unspecified atom stereocenters. The van der Waals surface area contributed by atoms with Gasteiger partial charge in [0.25, 0.3) is 0 Å². The molecule has 0 bridgehead atoms. The molecule has 0 radical (unpaired) electrons. The summed E-state index contributed by atoms with van der Waals surface area (Å²) >= 11 is 7.97. The van der Waals surface area contributed by atoms with Crippen molar-refractivity contribution < 1.29 is 23.2 Å². The van der Waals surface area contributed by atoms with Gasteiger partial charge in [0.2, 0.25) is 0 Å². The lowest BCUT2D eigenvalue weighted by molar-refractivity contribution is -0.529. The molecule has 2 heterocycles. The number of fused-ring (bicyclic) bond motifs is 2. The molecule has 0 spiro atoms. The van der Waals surface area contributed by atoms with E-state index in [2.05, 4.69) is 45.5 Å². The van der Waals surface area contributed by atoms with Gasteiger partial charge in [0.1, 0.15) is 6.54 Å². The van der Waals surface area contributed by atoms with Crippen molar-refractivity contribution in [2.24, 2.45) is 4.99 Å². The Labute approximate surface area is 144 Å². The highest BCUT2D eigenvalue weighted by Crippen LogP contribution is 2.48. The van der Waals surface area contributed by atoms with Crippen LogP contribution in [-0.4, -0.2) is 24.5 Å². The molecule has 0 aliphatic carbocycles. The Hall–Kier alpha value is -1.24. The minimum atomic E-state index is 0. The number of hydrogen-bond acceptors (Lipinski definition) is 3. The van der Waals surface area contributed by atoms with E-state index in [1.807, 2.05) is 12.1 Å². The topological polar surface area (TPSA) is 63.7 Å². The zero-order valence-corrected chi connectivity index (χ0v) is 13.9. The van der Waals surface area contributed by atoms with Gasteiger partial charge in [-0.1, -0.05) is 35.5 Å². The first-order chi connectivity index (χ1) is 9.83. The van der Waals surface area contributed by atoms with Crippen molar-refractivity contribution in [2.75, 3.05) is 18.0 Å². The van der Waals surface area contributed by atoms with Crippen LogP contribution in [0.2, 0.25) is 5.02 Å². The van der Waals surface area contributed by atoms with Gasteiger partial charge in [-0.15, -0.1) is 0 Å². The number of nitrogens with two attached hydrogens (primary N) is 1. The predicted octanol–water partition coefficient (Wildman–Crippen LogP) is -0.945. The van der Waals surface area contributed by atoms with Gasteiger partial charge in [-0.25, -0.2) is 9.89 Å². The maximum atomic E-state index is 6.19. The van der Waals surface area contributed by atoms with Crippen molar-refractivity contribution in [2.45, 2.75) is 9.79 Å². The van der Waals surface area contributed by atoms with E-state index in [0.717, 1.165) is 29.8 Å². The van der Waals surface area contributed by atoms with Gasteiger partial charge in [-0.2, -0.15) is 0 Å². The van der Waals surface area contributed by atoms with Crippen LogP contribution in [-0.2, 0) is 0 Å². The van der Waals surface area contributed by atoms with Crippen LogP contribution in [0.5, 0.6) is 0 Å². The zero-order valence-electron chi connectivity index (χ0n) is 11.6. The third kappa shape index (κ3) is 2.83. The number of para-hydroxylation sites is 1. The Morgan fingerprint density at radius 2 is 1.86 bits per heavy atom. The van der Waals surface area contributed by atoms with Gasteiger partial charge in [0, 0.05) is 14.8 Å². The highest BCUT2D eigenvalue weighted by atomic mass is 35.5. The van der Waals surface area contributed by atoms with Crippen molar-refractivity contribution in [3.8, 4) is 0 Å². The summed E-state index contributed by atoms with van der Waals surface area (Å²) in [5, 5.41) is 2.95. The number of quaternary nitrogens is 1. The van der Waals surface area contributed by atoms with Crippen LogP contribution < -0.4 is 22.6 Å². The van der Waals surface area contributed by atoms with Crippen LogP contribution in [0.15, 0.2) is 57.2 Å². The Morgan fingerprint density at radius 1 is 1.09 bits per heavy atom. The summed E-state index contributed by atoms with van der Waals surface area (Å²) in [7, 11) is 0. The Kier molecular flexibility index (Phi) is 5.36. The summed E-state index contributed by atoms with van der Waals surface area (Å²) < 4.78 is 0. The lowest BCUT2D eigenvalue weighted by Crippen LogP contribution is -3.00. The smallest absolute Gasteiger partial charge is 0.306 e. The largest absolute Gasteiger partial charge is 1.00 e.